The summed E-state index contributed by atoms with van der Waals surface area (Å²) in [6.45, 7) is 10.7. The molecular formula is C13H28N2S. The Morgan fingerprint density at radius 3 is 2.56 bits per heavy atom. The van der Waals surface area contributed by atoms with Crippen molar-refractivity contribution in [3.8, 4) is 0 Å². The average Bonchev–Trinajstić information content (AvgIpc) is 2.31. The van der Waals surface area contributed by atoms with Crippen molar-refractivity contribution in [1.82, 2.24) is 10.2 Å². The van der Waals surface area contributed by atoms with Crippen LogP contribution in [0.25, 0.3) is 0 Å². The molecule has 1 N–H and O–H groups in total. The molecule has 0 aliphatic carbocycles. The lowest BCUT2D eigenvalue weighted by Gasteiger charge is -2.41. The second kappa shape index (κ2) is 6.87. The molecule has 1 fully saturated rings. The number of hydrogen-bond acceptors (Lipinski definition) is 3. The molecule has 2 nitrogen and oxygen atoms in total. The number of rotatable bonds is 6. The third-order valence-corrected chi connectivity index (χ3v) is 5.28. The smallest absolute Gasteiger partial charge is 0.0158 e. The van der Waals surface area contributed by atoms with Gasteiger partial charge in [-0.25, -0.2) is 0 Å². The van der Waals surface area contributed by atoms with Gasteiger partial charge in [-0.1, -0.05) is 13.8 Å². The van der Waals surface area contributed by atoms with E-state index < -0.39 is 0 Å². The molecule has 1 atom stereocenters. The molecule has 0 spiro atoms. The van der Waals surface area contributed by atoms with Crippen LogP contribution in [0.2, 0.25) is 0 Å². The molecule has 0 aromatic rings. The number of nitrogens with zero attached hydrogens (tertiary/aromatic N) is 1. The molecule has 1 saturated heterocycles. The molecule has 0 aromatic heterocycles. The second-order valence-electron chi connectivity index (χ2n) is 5.13. The first kappa shape index (κ1) is 14.3. The van der Waals surface area contributed by atoms with Crippen LogP contribution in [0.4, 0.5) is 0 Å². The largest absolute Gasteiger partial charge is 0.319 e. The number of nitrogens with one attached hydrogen (secondary N) is 1. The average molecular weight is 244 g/mol. The van der Waals surface area contributed by atoms with Crippen LogP contribution in [-0.4, -0.2) is 49.1 Å². The summed E-state index contributed by atoms with van der Waals surface area (Å²) in [4.78, 5) is 2.70. The highest BCUT2D eigenvalue weighted by Gasteiger charge is 2.30. The van der Waals surface area contributed by atoms with Gasteiger partial charge < -0.3 is 5.32 Å². The Balaban J connectivity index is 2.58. The zero-order valence-electron chi connectivity index (χ0n) is 11.4. The normalized spacial score (nSPS) is 23.6. The zero-order valence-corrected chi connectivity index (χ0v) is 12.2. The number of hydrogen-bond donors (Lipinski definition) is 1. The van der Waals surface area contributed by atoms with Crippen molar-refractivity contribution in [3.63, 3.8) is 0 Å². The summed E-state index contributed by atoms with van der Waals surface area (Å²) >= 11 is 2.10. The SMILES string of the molecule is CCC(CC)(CNC)CN1CCSCC1C. The van der Waals surface area contributed by atoms with Gasteiger partial charge in [0, 0.05) is 37.2 Å². The Labute approximate surface area is 106 Å². The third kappa shape index (κ3) is 3.64. The van der Waals surface area contributed by atoms with Crippen molar-refractivity contribution in [3.05, 3.63) is 0 Å². The quantitative estimate of drug-likeness (QED) is 0.772. The Morgan fingerprint density at radius 2 is 2.06 bits per heavy atom. The molecule has 1 rings (SSSR count). The molecule has 0 radical (unpaired) electrons. The summed E-state index contributed by atoms with van der Waals surface area (Å²) in [7, 11) is 2.08. The van der Waals surface area contributed by atoms with Gasteiger partial charge in [-0.15, -0.1) is 0 Å². The van der Waals surface area contributed by atoms with Crippen LogP contribution in [0.1, 0.15) is 33.6 Å². The van der Waals surface area contributed by atoms with E-state index in [-0.39, 0.29) is 0 Å². The van der Waals surface area contributed by atoms with Crippen LogP contribution in [0.15, 0.2) is 0 Å². The van der Waals surface area contributed by atoms with E-state index >= 15 is 0 Å². The van der Waals surface area contributed by atoms with E-state index in [1.165, 1.54) is 37.4 Å². The molecule has 3 heteroatoms. The van der Waals surface area contributed by atoms with E-state index in [2.05, 4.69) is 49.8 Å². The molecule has 16 heavy (non-hydrogen) atoms. The van der Waals surface area contributed by atoms with E-state index in [1.54, 1.807) is 0 Å². The van der Waals surface area contributed by atoms with Crippen molar-refractivity contribution >= 4 is 11.8 Å². The van der Waals surface area contributed by atoms with Crippen molar-refractivity contribution in [2.75, 3.05) is 38.2 Å². The molecule has 0 aromatic carbocycles. The fraction of sp³-hybridized carbons (Fsp3) is 1.00. The van der Waals surface area contributed by atoms with Crippen molar-refractivity contribution in [2.24, 2.45) is 5.41 Å². The molecule has 1 aliphatic rings. The maximum absolute atomic E-state index is 3.38. The van der Waals surface area contributed by atoms with Crippen molar-refractivity contribution in [1.29, 1.82) is 0 Å². The minimum atomic E-state index is 0.477. The van der Waals surface area contributed by atoms with Gasteiger partial charge >= 0.3 is 0 Å². The summed E-state index contributed by atoms with van der Waals surface area (Å²) in [5, 5.41) is 3.38. The molecule has 0 bridgehead atoms. The Hall–Kier alpha value is 0.270. The van der Waals surface area contributed by atoms with E-state index in [4.69, 9.17) is 0 Å². The van der Waals surface area contributed by atoms with Gasteiger partial charge in [-0.2, -0.15) is 11.8 Å². The van der Waals surface area contributed by atoms with Crippen LogP contribution < -0.4 is 5.32 Å². The molecule has 1 heterocycles. The van der Waals surface area contributed by atoms with E-state index in [0.717, 1.165) is 12.6 Å². The second-order valence-corrected chi connectivity index (χ2v) is 6.28. The Kier molecular flexibility index (Phi) is 6.16. The Bertz CT molecular complexity index is 192. The van der Waals surface area contributed by atoms with Crippen LogP contribution in [-0.2, 0) is 0 Å². The standard InChI is InChI=1S/C13H28N2S/c1-5-13(6-2,10-14-4)11-15-7-8-16-9-12(15)3/h12,14H,5-11H2,1-4H3. The zero-order chi connectivity index (χ0) is 12.0. The van der Waals surface area contributed by atoms with Gasteiger partial charge in [0.05, 0.1) is 0 Å². The highest BCUT2D eigenvalue weighted by molar-refractivity contribution is 7.99. The summed E-state index contributed by atoms with van der Waals surface area (Å²) in [6.07, 6.45) is 2.56. The minimum absolute atomic E-state index is 0.477. The minimum Gasteiger partial charge on any atom is -0.319 e. The molecule has 0 saturated carbocycles. The first-order valence-corrected chi connectivity index (χ1v) is 7.79. The lowest BCUT2D eigenvalue weighted by atomic mass is 9.81. The van der Waals surface area contributed by atoms with E-state index in [1.807, 2.05) is 0 Å². The lowest BCUT2D eigenvalue weighted by Crippen LogP contribution is -2.49. The van der Waals surface area contributed by atoms with E-state index in [9.17, 15) is 0 Å². The first-order valence-electron chi connectivity index (χ1n) is 6.64. The highest BCUT2D eigenvalue weighted by Crippen LogP contribution is 2.29. The first-order chi connectivity index (χ1) is 7.67. The fourth-order valence-electron chi connectivity index (χ4n) is 2.58. The van der Waals surface area contributed by atoms with Gasteiger partial charge in [0.2, 0.25) is 0 Å². The molecular weight excluding hydrogens is 216 g/mol. The van der Waals surface area contributed by atoms with Gasteiger partial charge in [0.1, 0.15) is 0 Å². The van der Waals surface area contributed by atoms with Crippen LogP contribution >= 0.6 is 11.8 Å². The predicted octanol–water partition coefficient (Wildman–Crippen LogP) is 2.45. The van der Waals surface area contributed by atoms with Gasteiger partial charge in [-0.3, -0.25) is 4.90 Å². The summed E-state index contributed by atoms with van der Waals surface area (Å²) in [5.41, 5.74) is 0.477. The van der Waals surface area contributed by atoms with Gasteiger partial charge in [0.15, 0.2) is 0 Å². The topological polar surface area (TPSA) is 15.3 Å². The van der Waals surface area contributed by atoms with Crippen molar-refractivity contribution in [2.45, 2.75) is 39.7 Å². The van der Waals surface area contributed by atoms with Gasteiger partial charge in [-0.05, 0) is 32.2 Å². The van der Waals surface area contributed by atoms with Gasteiger partial charge in [0.25, 0.3) is 0 Å². The maximum Gasteiger partial charge on any atom is 0.0158 e. The molecule has 0 amide bonds. The molecule has 1 unspecified atom stereocenters. The van der Waals surface area contributed by atoms with Crippen molar-refractivity contribution < 1.29 is 0 Å². The van der Waals surface area contributed by atoms with Crippen LogP contribution in [0.5, 0.6) is 0 Å². The maximum atomic E-state index is 3.38. The third-order valence-electron chi connectivity index (χ3n) is 4.10. The molecule has 96 valence electrons. The van der Waals surface area contributed by atoms with Crippen LogP contribution in [0, 0.1) is 5.41 Å². The summed E-state index contributed by atoms with van der Waals surface area (Å²) < 4.78 is 0. The summed E-state index contributed by atoms with van der Waals surface area (Å²) in [5.74, 6) is 2.62. The lowest BCUT2D eigenvalue weighted by molar-refractivity contribution is 0.116. The van der Waals surface area contributed by atoms with E-state index in [0.29, 0.717) is 5.41 Å². The summed E-state index contributed by atoms with van der Waals surface area (Å²) in [6, 6.07) is 0.757. The fourth-order valence-corrected chi connectivity index (χ4v) is 3.66. The highest BCUT2D eigenvalue weighted by atomic mass is 32.2. The molecule has 1 aliphatic heterocycles. The van der Waals surface area contributed by atoms with Crippen LogP contribution in [0.3, 0.4) is 0 Å². The monoisotopic (exact) mass is 244 g/mol. The predicted molar refractivity (Wildman–Crippen MR) is 75.3 cm³/mol. The Morgan fingerprint density at radius 1 is 1.38 bits per heavy atom. The number of thioether (sulfide) groups is 1.